The summed E-state index contributed by atoms with van der Waals surface area (Å²) in [6, 6.07) is 4.56. The lowest BCUT2D eigenvalue weighted by Gasteiger charge is -2.22. The van der Waals surface area contributed by atoms with Crippen LogP contribution < -0.4 is 10.1 Å². The molecule has 1 saturated heterocycles. The first-order valence-electron chi connectivity index (χ1n) is 10.0. The molecule has 2 heterocycles. The van der Waals surface area contributed by atoms with Crippen molar-refractivity contribution >= 4 is 11.6 Å². The number of hydrogen-bond donors (Lipinski definition) is 1. The van der Waals surface area contributed by atoms with Gasteiger partial charge in [0.2, 0.25) is 5.88 Å². The lowest BCUT2D eigenvalue weighted by Crippen LogP contribution is -2.32. The molecule has 1 N–H and O–H groups in total. The molecule has 1 atom stereocenters. The van der Waals surface area contributed by atoms with Crippen molar-refractivity contribution in [1.82, 2.24) is 15.1 Å². The molecule has 1 aliphatic heterocycles. The summed E-state index contributed by atoms with van der Waals surface area (Å²) < 4.78 is 13.3. The summed E-state index contributed by atoms with van der Waals surface area (Å²) in [4.78, 5) is 23.4. The number of carbonyl (C=O) groups is 1. The van der Waals surface area contributed by atoms with E-state index in [-0.39, 0.29) is 23.4 Å². The van der Waals surface area contributed by atoms with Gasteiger partial charge in [-0.25, -0.2) is 4.68 Å². The van der Waals surface area contributed by atoms with Crippen molar-refractivity contribution in [3.05, 3.63) is 45.1 Å². The van der Waals surface area contributed by atoms with E-state index < -0.39 is 10.5 Å². The number of rotatable bonds is 6. The Morgan fingerprint density at radius 1 is 1.40 bits per heavy atom. The number of amides is 1. The molecule has 0 spiro atoms. The minimum Gasteiger partial charge on any atom is -0.439 e. The van der Waals surface area contributed by atoms with Crippen LogP contribution in [0, 0.1) is 24.0 Å². The van der Waals surface area contributed by atoms with Gasteiger partial charge in [-0.05, 0) is 59.6 Å². The van der Waals surface area contributed by atoms with E-state index >= 15 is 0 Å². The summed E-state index contributed by atoms with van der Waals surface area (Å²) in [5.74, 6) is 0.590. The Labute approximate surface area is 175 Å². The minimum absolute atomic E-state index is 0.0256. The number of nitro benzene ring substituents is 1. The summed E-state index contributed by atoms with van der Waals surface area (Å²) in [6.07, 6.45) is 1.98. The Balaban J connectivity index is 1.88. The Hall–Kier alpha value is -2.94. The van der Waals surface area contributed by atoms with E-state index in [4.69, 9.17) is 9.47 Å². The molecule has 1 aromatic carbocycles. The fourth-order valence-corrected chi connectivity index (χ4v) is 3.37. The first-order chi connectivity index (χ1) is 14.1. The van der Waals surface area contributed by atoms with Gasteiger partial charge in [0.1, 0.15) is 5.75 Å². The van der Waals surface area contributed by atoms with E-state index in [0.29, 0.717) is 29.3 Å². The summed E-state index contributed by atoms with van der Waals surface area (Å²) in [7, 11) is 0. The van der Waals surface area contributed by atoms with E-state index in [2.05, 4.69) is 10.4 Å². The molecule has 2 aromatic rings. The Morgan fingerprint density at radius 3 is 2.70 bits per heavy atom. The number of aromatic nitrogens is 2. The molecule has 1 amide bonds. The van der Waals surface area contributed by atoms with Gasteiger partial charge in [0.25, 0.3) is 11.6 Å². The van der Waals surface area contributed by atoms with Gasteiger partial charge < -0.3 is 14.8 Å². The summed E-state index contributed by atoms with van der Waals surface area (Å²) in [6.45, 7) is 10.5. The van der Waals surface area contributed by atoms with Gasteiger partial charge in [-0.15, -0.1) is 0 Å². The second kappa shape index (κ2) is 8.43. The molecule has 30 heavy (non-hydrogen) atoms. The van der Waals surface area contributed by atoms with Crippen molar-refractivity contribution in [1.29, 1.82) is 0 Å². The zero-order valence-corrected chi connectivity index (χ0v) is 18.0. The summed E-state index contributed by atoms with van der Waals surface area (Å²) in [5, 5.41) is 18.5. The van der Waals surface area contributed by atoms with Crippen LogP contribution in [0.15, 0.2) is 18.2 Å². The van der Waals surface area contributed by atoms with Crippen LogP contribution in [0.2, 0.25) is 0 Å². The zero-order chi connectivity index (χ0) is 22.1. The molecule has 9 nitrogen and oxygen atoms in total. The molecule has 1 unspecified atom stereocenters. The zero-order valence-electron chi connectivity index (χ0n) is 18.0. The van der Waals surface area contributed by atoms with Crippen LogP contribution in [0.4, 0.5) is 5.69 Å². The number of nitro groups is 1. The average Bonchev–Trinajstić information content (AvgIpc) is 3.28. The van der Waals surface area contributed by atoms with E-state index in [0.717, 1.165) is 19.4 Å². The molecule has 0 bridgehead atoms. The van der Waals surface area contributed by atoms with E-state index in [1.54, 1.807) is 30.7 Å². The largest absolute Gasteiger partial charge is 0.439 e. The van der Waals surface area contributed by atoms with Crippen LogP contribution >= 0.6 is 0 Å². The van der Waals surface area contributed by atoms with Crippen molar-refractivity contribution in [2.45, 2.75) is 59.1 Å². The molecule has 162 valence electrons. The first-order valence-corrected chi connectivity index (χ1v) is 10.0. The van der Waals surface area contributed by atoms with Crippen LogP contribution in [-0.2, 0) is 10.3 Å². The highest BCUT2D eigenvalue weighted by atomic mass is 16.6. The molecule has 0 saturated carbocycles. The van der Waals surface area contributed by atoms with Crippen LogP contribution in [0.1, 0.15) is 55.2 Å². The Morgan fingerprint density at radius 2 is 2.13 bits per heavy atom. The van der Waals surface area contributed by atoms with Crippen molar-refractivity contribution in [3.63, 3.8) is 0 Å². The number of nitrogens with one attached hydrogen (secondary N) is 1. The molecular formula is C21H28N4O5. The molecular weight excluding hydrogens is 388 g/mol. The smallest absolute Gasteiger partial charge is 0.272 e. The van der Waals surface area contributed by atoms with Gasteiger partial charge in [-0.2, -0.15) is 5.10 Å². The van der Waals surface area contributed by atoms with E-state index in [9.17, 15) is 14.9 Å². The third kappa shape index (κ3) is 4.62. The van der Waals surface area contributed by atoms with Gasteiger partial charge in [0.05, 0.1) is 16.6 Å². The van der Waals surface area contributed by atoms with Gasteiger partial charge in [-0.1, -0.05) is 0 Å². The van der Waals surface area contributed by atoms with Crippen molar-refractivity contribution in [2.24, 2.45) is 0 Å². The number of aryl methyl sites for hydroxylation is 1. The maximum Gasteiger partial charge on any atom is 0.272 e. The lowest BCUT2D eigenvalue weighted by atomic mass is 10.1. The second-order valence-corrected chi connectivity index (χ2v) is 8.51. The Bertz CT molecular complexity index is 955. The number of benzene rings is 1. The third-order valence-electron chi connectivity index (χ3n) is 5.01. The standard InChI is InChI=1S/C21H28N4O5/c1-13-11-15(8-9-17(13)25(27)28)30-20-14(2)18(23-24(20)21(3,4)5)19(26)22-12-16-7-6-10-29-16/h8-9,11,16H,6-7,10,12H2,1-5H3,(H,22,26). The Kier molecular flexibility index (Phi) is 6.12. The van der Waals surface area contributed by atoms with Gasteiger partial charge >= 0.3 is 0 Å². The van der Waals surface area contributed by atoms with Crippen LogP contribution in [0.5, 0.6) is 11.6 Å². The highest BCUT2D eigenvalue weighted by Crippen LogP contribution is 2.33. The lowest BCUT2D eigenvalue weighted by molar-refractivity contribution is -0.385. The molecule has 3 rings (SSSR count). The number of nitrogens with zero attached hydrogens (tertiary/aromatic N) is 3. The quantitative estimate of drug-likeness (QED) is 0.566. The highest BCUT2D eigenvalue weighted by Gasteiger charge is 2.28. The fraction of sp³-hybridized carbons (Fsp3) is 0.524. The van der Waals surface area contributed by atoms with E-state index in [1.807, 2.05) is 20.8 Å². The topological polar surface area (TPSA) is 109 Å². The monoisotopic (exact) mass is 416 g/mol. The van der Waals surface area contributed by atoms with Crippen LogP contribution in [-0.4, -0.2) is 39.9 Å². The molecule has 1 aromatic heterocycles. The normalized spacial score (nSPS) is 16.5. The van der Waals surface area contributed by atoms with Gasteiger partial charge in [0.15, 0.2) is 5.69 Å². The molecule has 0 aliphatic carbocycles. The summed E-state index contributed by atoms with van der Waals surface area (Å²) >= 11 is 0. The van der Waals surface area contributed by atoms with Crippen LogP contribution in [0.3, 0.4) is 0 Å². The van der Waals surface area contributed by atoms with E-state index in [1.165, 1.54) is 6.07 Å². The molecule has 9 heteroatoms. The van der Waals surface area contributed by atoms with Crippen molar-refractivity contribution in [2.75, 3.05) is 13.2 Å². The molecule has 1 aliphatic rings. The van der Waals surface area contributed by atoms with Crippen LogP contribution in [0.25, 0.3) is 0 Å². The predicted octanol–water partition coefficient (Wildman–Crippen LogP) is 3.86. The SMILES string of the molecule is Cc1cc(Oc2c(C)c(C(=O)NCC3CCCO3)nn2C(C)(C)C)ccc1[N+](=O)[O-]. The number of carbonyl (C=O) groups excluding carboxylic acids is 1. The number of ether oxygens (including phenoxy) is 2. The maximum atomic E-state index is 12.8. The molecule has 0 radical (unpaired) electrons. The maximum absolute atomic E-state index is 12.8. The van der Waals surface area contributed by atoms with Crippen molar-refractivity contribution in [3.8, 4) is 11.6 Å². The number of hydrogen-bond acceptors (Lipinski definition) is 6. The first kappa shape index (κ1) is 21.8. The minimum atomic E-state index is -0.441. The van der Waals surface area contributed by atoms with Gasteiger partial charge in [0, 0.05) is 30.3 Å². The highest BCUT2D eigenvalue weighted by molar-refractivity contribution is 5.94. The van der Waals surface area contributed by atoms with Crippen molar-refractivity contribution < 1.29 is 19.2 Å². The average molecular weight is 416 g/mol. The second-order valence-electron chi connectivity index (χ2n) is 8.51. The fourth-order valence-electron chi connectivity index (χ4n) is 3.37. The third-order valence-corrected chi connectivity index (χ3v) is 5.01. The van der Waals surface area contributed by atoms with Gasteiger partial charge in [-0.3, -0.25) is 14.9 Å². The molecule has 1 fully saturated rings. The predicted molar refractivity (Wildman–Crippen MR) is 111 cm³/mol. The summed E-state index contributed by atoms with van der Waals surface area (Å²) in [5.41, 5.74) is 0.967.